The standard InChI is InChI=1S/C15H23N3O2/c1-4-15(5-2,9-16)14(20)18-11-6-7-12(13(17)19)10(3)8-11/h6-8H,4-5,9,16H2,1-3H3,(H2,17,19)(H,18,20). The summed E-state index contributed by atoms with van der Waals surface area (Å²) < 4.78 is 0. The van der Waals surface area contributed by atoms with Crippen molar-refractivity contribution in [1.29, 1.82) is 0 Å². The minimum Gasteiger partial charge on any atom is -0.366 e. The predicted molar refractivity (Wildman–Crippen MR) is 80.4 cm³/mol. The third-order valence-corrected chi connectivity index (χ3v) is 3.98. The molecule has 0 unspecified atom stereocenters. The molecule has 110 valence electrons. The summed E-state index contributed by atoms with van der Waals surface area (Å²) in [6.07, 6.45) is 1.37. The normalized spacial score (nSPS) is 11.2. The van der Waals surface area contributed by atoms with Crippen LogP contribution in [-0.4, -0.2) is 18.4 Å². The Morgan fingerprint density at radius 2 is 1.85 bits per heavy atom. The van der Waals surface area contributed by atoms with E-state index in [-0.39, 0.29) is 5.91 Å². The maximum Gasteiger partial charge on any atom is 0.248 e. The van der Waals surface area contributed by atoms with Crippen LogP contribution in [-0.2, 0) is 4.79 Å². The van der Waals surface area contributed by atoms with Crippen molar-refractivity contribution in [3.63, 3.8) is 0 Å². The van der Waals surface area contributed by atoms with Crippen LogP contribution in [0.5, 0.6) is 0 Å². The molecule has 0 saturated heterocycles. The van der Waals surface area contributed by atoms with Gasteiger partial charge in [0.25, 0.3) is 0 Å². The molecule has 20 heavy (non-hydrogen) atoms. The number of hydrogen-bond acceptors (Lipinski definition) is 3. The van der Waals surface area contributed by atoms with Crippen LogP contribution < -0.4 is 16.8 Å². The number of anilines is 1. The molecule has 1 aromatic rings. The average Bonchev–Trinajstić information content (AvgIpc) is 2.41. The van der Waals surface area contributed by atoms with Crippen molar-refractivity contribution in [3.05, 3.63) is 29.3 Å². The van der Waals surface area contributed by atoms with Crippen LogP contribution in [0.15, 0.2) is 18.2 Å². The van der Waals surface area contributed by atoms with E-state index in [4.69, 9.17) is 11.5 Å². The van der Waals surface area contributed by atoms with Crippen LogP contribution in [0.4, 0.5) is 5.69 Å². The summed E-state index contributed by atoms with van der Waals surface area (Å²) in [5.74, 6) is -0.560. The summed E-state index contributed by atoms with van der Waals surface area (Å²) in [4.78, 5) is 23.5. The summed E-state index contributed by atoms with van der Waals surface area (Å²) in [6, 6.07) is 5.04. The van der Waals surface area contributed by atoms with Gasteiger partial charge in [0, 0.05) is 17.8 Å². The number of nitrogens with one attached hydrogen (secondary N) is 1. The summed E-state index contributed by atoms with van der Waals surface area (Å²) in [5, 5.41) is 2.87. The second-order valence-corrected chi connectivity index (χ2v) is 5.04. The predicted octanol–water partition coefficient (Wildman–Crippen LogP) is 1.80. The number of aryl methyl sites for hydroxylation is 1. The van der Waals surface area contributed by atoms with Gasteiger partial charge in [-0.2, -0.15) is 0 Å². The number of amides is 2. The van der Waals surface area contributed by atoms with Gasteiger partial charge in [0.1, 0.15) is 0 Å². The van der Waals surface area contributed by atoms with Crippen molar-refractivity contribution in [3.8, 4) is 0 Å². The SMILES string of the molecule is CCC(CC)(CN)C(=O)Nc1ccc(C(N)=O)c(C)c1. The summed E-state index contributed by atoms with van der Waals surface area (Å²) in [6.45, 7) is 6.00. The maximum absolute atomic E-state index is 12.4. The first kappa shape index (κ1) is 16.2. The van der Waals surface area contributed by atoms with E-state index in [9.17, 15) is 9.59 Å². The lowest BCUT2D eigenvalue weighted by Gasteiger charge is -2.28. The summed E-state index contributed by atoms with van der Waals surface area (Å²) >= 11 is 0. The lowest BCUT2D eigenvalue weighted by Crippen LogP contribution is -2.41. The minimum absolute atomic E-state index is 0.0868. The molecule has 2 amide bonds. The molecule has 0 spiro atoms. The molecule has 5 nitrogen and oxygen atoms in total. The molecule has 0 bridgehead atoms. The average molecular weight is 277 g/mol. The molecular formula is C15H23N3O2. The van der Waals surface area contributed by atoms with Crippen molar-refractivity contribution in [2.45, 2.75) is 33.6 Å². The molecule has 0 saturated carbocycles. The topological polar surface area (TPSA) is 98.2 Å². The van der Waals surface area contributed by atoms with Crippen molar-refractivity contribution >= 4 is 17.5 Å². The number of carbonyl (C=O) groups is 2. The van der Waals surface area contributed by atoms with E-state index in [0.717, 1.165) is 5.56 Å². The fourth-order valence-electron chi connectivity index (χ4n) is 2.23. The van der Waals surface area contributed by atoms with Crippen molar-refractivity contribution in [2.75, 3.05) is 11.9 Å². The van der Waals surface area contributed by atoms with Gasteiger partial charge in [0.15, 0.2) is 0 Å². The number of carbonyl (C=O) groups excluding carboxylic acids is 2. The molecule has 0 fully saturated rings. The van der Waals surface area contributed by atoms with E-state index in [1.165, 1.54) is 0 Å². The molecule has 5 N–H and O–H groups in total. The molecular weight excluding hydrogens is 254 g/mol. The Hall–Kier alpha value is -1.88. The Bertz CT molecular complexity index is 500. The van der Waals surface area contributed by atoms with Gasteiger partial charge in [-0.25, -0.2) is 0 Å². The number of primary amides is 1. The maximum atomic E-state index is 12.4. The first-order chi connectivity index (χ1) is 9.40. The zero-order chi connectivity index (χ0) is 15.3. The van der Waals surface area contributed by atoms with Gasteiger partial charge >= 0.3 is 0 Å². The lowest BCUT2D eigenvalue weighted by atomic mass is 9.81. The van der Waals surface area contributed by atoms with Crippen LogP contribution >= 0.6 is 0 Å². The van der Waals surface area contributed by atoms with Gasteiger partial charge in [-0.3, -0.25) is 9.59 Å². The fourth-order valence-corrected chi connectivity index (χ4v) is 2.23. The molecule has 0 aliphatic rings. The number of hydrogen-bond donors (Lipinski definition) is 3. The summed E-state index contributed by atoms with van der Waals surface area (Å²) in [7, 11) is 0. The molecule has 0 aromatic heterocycles. The Balaban J connectivity index is 2.96. The molecule has 1 aromatic carbocycles. The van der Waals surface area contributed by atoms with Crippen molar-refractivity contribution in [1.82, 2.24) is 0 Å². The zero-order valence-electron chi connectivity index (χ0n) is 12.3. The highest BCUT2D eigenvalue weighted by Crippen LogP contribution is 2.27. The quantitative estimate of drug-likeness (QED) is 0.739. The van der Waals surface area contributed by atoms with Crippen molar-refractivity contribution < 1.29 is 9.59 Å². The number of benzene rings is 1. The minimum atomic E-state index is -0.545. The second-order valence-electron chi connectivity index (χ2n) is 5.04. The van der Waals surface area contributed by atoms with E-state index >= 15 is 0 Å². The van der Waals surface area contributed by atoms with Crippen LogP contribution in [0, 0.1) is 12.3 Å². The van der Waals surface area contributed by atoms with Crippen LogP contribution in [0.25, 0.3) is 0 Å². The van der Waals surface area contributed by atoms with Crippen LogP contribution in [0.1, 0.15) is 42.6 Å². The van der Waals surface area contributed by atoms with E-state index in [0.29, 0.717) is 30.6 Å². The van der Waals surface area contributed by atoms with Gasteiger partial charge < -0.3 is 16.8 Å². The zero-order valence-corrected chi connectivity index (χ0v) is 12.3. The molecule has 0 aliphatic heterocycles. The third kappa shape index (κ3) is 3.17. The van der Waals surface area contributed by atoms with Gasteiger partial charge in [0.05, 0.1) is 5.41 Å². The Morgan fingerprint density at radius 3 is 2.25 bits per heavy atom. The highest BCUT2D eigenvalue weighted by atomic mass is 16.2. The molecule has 0 aliphatic carbocycles. The van der Waals surface area contributed by atoms with E-state index < -0.39 is 11.3 Å². The van der Waals surface area contributed by atoms with Crippen LogP contribution in [0.3, 0.4) is 0 Å². The van der Waals surface area contributed by atoms with Crippen molar-refractivity contribution in [2.24, 2.45) is 16.9 Å². The third-order valence-electron chi connectivity index (χ3n) is 3.98. The first-order valence-corrected chi connectivity index (χ1v) is 6.82. The fraction of sp³-hybridized carbons (Fsp3) is 0.467. The first-order valence-electron chi connectivity index (χ1n) is 6.82. The van der Waals surface area contributed by atoms with E-state index in [1.54, 1.807) is 25.1 Å². The molecule has 5 heteroatoms. The highest BCUT2D eigenvalue weighted by Gasteiger charge is 2.33. The number of nitrogens with two attached hydrogens (primary N) is 2. The Kier molecular flexibility index (Phi) is 5.27. The molecule has 1 rings (SSSR count). The Labute approximate surface area is 119 Å². The highest BCUT2D eigenvalue weighted by molar-refractivity contribution is 5.97. The number of rotatable bonds is 6. The second kappa shape index (κ2) is 6.52. The molecule has 0 radical (unpaired) electrons. The van der Waals surface area contributed by atoms with Crippen LogP contribution in [0.2, 0.25) is 0 Å². The van der Waals surface area contributed by atoms with E-state index in [2.05, 4.69) is 5.32 Å². The Morgan fingerprint density at radius 1 is 1.25 bits per heavy atom. The summed E-state index contributed by atoms with van der Waals surface area (Å²) in [5.41, 5.74) is 12.3. The molecule has 0 heterocycles. The van der Waals surface area contributed by atoms with E-state index in [1.807, 2.05) is 13.8 Å². The van der Waals surface area contributed by atoms with Gasteiger partial charge in [-0.05, 0) is 43.5 Å². The largest absolute Gasteiger partial charge is 0.366 e. The molecule has 0 atom stereocenters. The lowest BCUT2D eigenvalue weighted by molar-refractivity contribution is -0.125. The monoisotopic (exact) mass is 277 g/mol. The van der Waals surface area contributed by atoms with Gasteiger partial charge in [0.2, 0.25) is 11.8 Å². The smallest absolute Gasteiger partial charge is 0.248 e. The van der Waals surface area contributed by atoms with Gasteiger partial charge in [-0.15, -0.1) is 0 Å². The van der Waals surface area contributed by atoms with Gasteiger partial charge in [-0.1, -0.05) is 13.8 Å².